The Kier molecular flexibility index (Phi) is 5.36. The molecular formula is C15H15N3O3S2. The summed E-state index contributed by atoms with van der Waals surface area (Å²) in [5, 5.41) is 13.3. The molecule has 120 valence electrons. The minimum atomic E-state index is -3.49. The van der Waals surface area contributed by atoms with E-state index in [1.54, 1.807) is 41.8 Å². The fourth-order valence-electron chi connectivity index (χ4n) is 1.95. The Morgan fingerprint density at radius 1 is 1.30 bits per heavy atom. The van der Waals surface area contributed by atoms with Crippen LogP contribution in [0.3, 0.4) is 0 Å². The van der Waals surface area contributed by atoms with Crippen molar-refractivity contribution in [3.05, 3.63) is 52.2 Å². The zero-order valence-electron chi connectivity index (χ0n) is 12.4. The van der Waals surface area contributed by atoms with Crippen LogP contribution in [-0.4, -0.2) is 33.7 Å². The van der Waals surface area contributed by atoms with Gasteiger partial charge in [-0.2, -0.15) is 5.26 Å². The maximum absolute atomic E-state index is 11.9. The number of benzene rings is 1. The second kappa shape index (κ2) is 7.26. The molecule has 0 spiro atoms. The Labute approximate surface area is 139 Å². The summed E-state index contributed by atoms with van der Waals surface area (Å²) in [5.74, 6) is -0.228. The van der Waals surface area contributed by atoms with E-state index in [-0.39, 0.29) is 19.0 Å². The van der Waals surface area contributed by atoms with Gasteiger partial charge >= 0.3 is 0 Å². The largest absolute Gasteiger partial charge is 0.350 e. The van der Waals surface area contributed by atoms with Crippen LogP contribution in [0.15, 0.2) is 41.8 Å². The molecule has 0 aliphatic carbocycles. The first-order chi connectivity index (χ1) is 10.9. The first-order valence-corrected chi connectivity index (χ1v) is 9.44. The van der Waals surface area contributed by atoms with Crippen LogP contribution in [0, 0.1) is 11.3 Å². The molecule has 1 amide bonds. The van der Waals surface area contributed by atoms with Gasteiger partial charge in [-0.25, -0.2) is 8.42 Å². The van der Waals surface area contributed by atoms with E-state index >= 15 is 0 Å². The third kappa shape index (κ3) is 4.55. The van der Waals surface area contributed by atoms with Crippen LogP contribution in [0.1, 0.15) is 15.2 Å². The van der Waals surface area contributed by atoms with Gasteiger partial charge < -0.3 is 5.32 Å². The standard InChI is InChI=1S/C15H15N3O3S2/c1-23(20,21)18(13-6-4-12(11-16)5-7-13)9-8-17-15(19)14-3-2-10-22-14/h2-7,10H,8-9H2,1H3,(H,17,19). The summed E-state index contributed by atoms with van der Waals surface area (Å²) < 4.78 is 25.1. The van der Waals surface area contributed by atoms with Crippen molar-refractivity contribution in [3.63, 3.8) is 0 Å². The van der Waals surface area contributed by atoms with Crippen LogP contribution in [0.2, 0.25) is 0 Å². The van der Waals surface area contributed by atoms with E-state index in [4.69, 9.17) is 5.26 Å². The highest BCUT2D eigenvalue weighted by molar-refractivity contribution is 7.92. The van der Waals surface area contributed by atoms with E-state index in [2.05, 4.69) is 5.32 Å². The predicted molar refractivity (Wildman–Crippen MR) is 90.0 cm³/mol. The van der Waals surface area contributed by atoms with E-state index in [0.717, 1.165) is 6.26 Å². The molecule has 1 aromatic carbocycles. The van der Waals surface area contributed by atoms with Gasteiger partial charge in [-0.05, 0) is 35.7 Å². The van der Waals surface area contributed by atoms with Gasteiger partial charge in [0.2, 0.25) is 10.0 Å². The number of carbonyl (C=O) groups is 1. The highest BCUT2D eigenvalue weighted by atomic mass is 32.2. The molecule has 6 nitrogen and oxygen atoms in total. The number of rotatable bonds is 6. The van der Waals surface area contributed by atoms with Gasteiger partial charge in [-0.15, -0.1) is 11.3 Å². The first kappa shape index (κ1) is 17.0. The normalized spacial score (nSPS) is 10.8. The second-order valence-corrected chi connectivity index (χ2v) is 7.58. The topological polar surface area (TPSA) is 90.3 Å². The summed E-state index contributed by atoms with van der Waals surface area (Å²) in [5.41, 5.74) is 0.907. The van der Waals surface area contributed by atoms with Crippen molar-refractivity contribution in [3.8, 4) is 6.07 Å². The highest BCUT2D eigenvalue weighted by Crippen LogP contribution is 2.17. The monoisotopic (exact) mass is 349 g/mol. The summed E-state index contributed by atoms with van der Waals surface area (Å²) >= 11 is 1.32. The molecular weight excluding hydrogens is 334 g/mol. The lowest BCUT2D eigenvalue weighted by atomic mass is 10.2. The molecule has 0 unspecified atom stereocenters. The fourth-order valence-corrected chi connectivity index (χ4v) is 3.52. The molecule has 2 rings (SSSR count). The van der Waals surface area contributed by atoms with Crippen LogP contribution in [0.4, 0.5) is 5.69 Å². The van der Waals surface area contributed by atoms with Gasteiger partial charge in [0.1, 0.15) is 0 Å². The molecule has 0 saturated heterocycles. The maximum atomic E-state index is 11.9. The fraction of sp³-hybridized carbons (Fsp3) is 0.200. The summed E-state index contributed by atoms with van der Waals surface area (Å²) in [6.07, 6.45) is 1.10. The summed E-state index contributed by atoms with van der Waals surface area (Å²) in [6.45, 7) is 0.297. The van der Waals surface area contributed by atoms with Crippen LogP contribution >= 0.6 is 11.3 Å². The molecule has 23 heavy (non-hydrogen) atoms. The smallest absolute Gasteiger partial charge is 0.261 e. The van der Waals surface area contributed by atoms with Gasteiger partial charge in [0.25, 0.3) is 5.91 Å². The highest BCUT2D eigenvalue weighted by Gasteiger charge is 2.17. The Morgan fingerprint density at radius 3 is 2.52 bits per heavy atom. The maximum Gasteiger partial charge on any atom is 0.261 e. The van der Waals surface area contributed by atoms with Crippen molar-refractivity contribution in [2.45, 2.75) is 0 Å². The Hall–Kier alpha value is -2.37. The third-order valence-electron chi connectivity index (χ3n) is 3.03. The molecule has 0 radical (unpaired) electrons. The average Bonchev–Trinajstić information content (AvgIpc) is 3.05. The van der Waals surface area contributed by atoms with Gasteiger partial charge in [-0.1, -0.05) is 6.07 Å². The molecule has 0 aliphatic heterocycles. The zero-order chi connectivity index (χ0) is 16.9. The molecule has 0 fully saturated rings. The molecule has 0 atom stereocenters. The molecule has 2 aromatic rings. The quantitative estimate of drug-likeness (QED) is 0.861. The van der Waals surface area contributed by atoms with Gasteiger partial charge in [0.15, 0.2) is 0 Å². The van der Waals surface area contributed by atoms with E-state index in [1.807, 2.05) is 6.07 Å². The molecule has 0 bridgehead atoms. The Morgan fingerprint density at radius 2 is 2.00 bits per heavy atom. The van der Waals surface area contributed by atoms with Crippen molar-refractivity contribution in [2.24, 2.45) is 0 Å². The zero-order valence-corrected chi connectivity index (χ0v) is 14.0. The lowest BCUT2D eigenvalue weighted by Crippen LogP contribution is -2.38. The number of thiophene rings is 1. The Bertz CT molecular complexity index is 807. The molecule has 1 N–H and O–H groups in total. The van der Waals surface area contributed by atoms with Crippen molar-refractivity contribution in [1.82, 2.24) is 5.32 Å². The summed E-state index contributed by atoms with van der Waals surface area (Å²) in [7, 11) is -3.49. The van der Waals surface area contributed by atoms with Crippen LogP contribution < -0.4 is 9.62 Å². The van der Waals surface area contributed by atoms with Crippen molar-refractivity contribution >= 4 is 33.0 Å². The minimum Gasteiger partial charge on any atom is -0.350 e. The number of amides is 1. The third-order valence-corrected chi connectivity index (χ3v) is 5.09. The first-order valence-electron chi connectivity index (χ1n) is 6.71. The number of nitrogens with zero attached hydrogens (tertiary/aromatic N) is 2. The van der Waals surface area contributed by atoms with Crippen LogP contribution in [0.5, 0.6) is 0 Å². The number of hydrogen-bond donors (Lipinski definition) is 1. The number of carbonyl (C=O) groups excluding carboxylic acids is 1. The molecule has 8 heteroatoms. The number of anilines is 1. The lowest BCUT2D eigenvalue weighted by molar-refractivity contribution is 0.0959. The van der Waals surface area contributed by atoms with Crippen molar-refractivity contribution in [1.29, 1.82) is 5.26 Å². The number of nitriles is 1. The van der Waals surface area contributed by atoms with E-state index in [1.165, 1.54) is 15.6 Å². The van der Waals surface area contributed by atoms with E-state index in [0.29, 0.717) is 16.1 Å². The summed E-state index contributed by atoms with van der Waals surface area (Å²) in [6, 6.07) is 11.7. The van der Waals surface area contributed by atoms with E-state index < -0.39 is 10.0 Å². The summed E-state index contributed by atoms with van der Waals surface area (Å²) in [4.78, 5) is 12.4. The lowest BCUT2D eigenvalue weighted by Gasteiger charge is -2.22. The number of sulfonamides is 1. The predicted octanol–water partition coefficient (Wildman–Crippen LogP) is 1.82. The molecule has 0 aliphatic rings. The average molecular weight is 349 g/mol. The van der Waals surface area contributed by atoms with Gasteiger partial charge in [-0.3, -0.25) is 9.10 Å². The molecule has 0 saturated carbocycles. The van der Waals surface area contributed by atoms with Gasteiger partial charge in [0, 0.05) is 6.54 Å². The molecule has 1 heterocycles. The second-order valence-electron chi connectivity index (χ2n) is 4.73. The number of hydrogen-bond acceptors (Lipinski definition) is 5. The van der Waals surface area contributed by atoms with Gasteiger partial charge in [0.05, 0.1) is 35.0 Å². The van der Waals surface area contributed by atoms with Crippen LogP contribution in [0.25, 0.3) is 0 Å². The minimum absolute atomic E-state index is 0.113. The molecule has 1 aromatic heterocycles. The Balaban J connectivity index is 2.05. The van der Waals surface area contributed by atoms with E-state index in [9.17, 15) is 13.2 Å². The van der Waals surface area contributed by atoms with Crippen LogP contribution in [-0.2, 0) is 10.0 Å². The van der Waals surface area contributed by atoms with Crippen molar-refractivity contribution < 1.29 is 13.2 Å². The number of nitrogens with one attached hydrogen (secondary N) is 1. The SMILES string of the molecule is CS(=O)(=O)N(CCNC(=O)c1cccs1)c1ccc(C#N)cc1. The van der Waals surface area contributed by atoms with Crippen molar-refractivity contribution in [2.75, 3.05) is 23.7 Å².